The standard InChI is InChI=1S/C14H19FN2O3S/c1-2-21(19,20)17-8-4-7-16(9-10-17)14(18)12-5-3-6-13(15)11-12/h3,5-6,11H,2,4,7-10H2,1H3. The van der Waals surface area contributed by atoms with Crippen LogP contribution in [0, 0.1) is 5.82 Å². The van der Waals surface area contributed by atoms with E-state index in [1.54, 1.807) is 17.9 Å². The highest BCUT2D eigenvalue weighted by Gasteiger charge is 2.25. The van der Waals surface area contributed by atoms with Crippen molar-refractivity contribution in [2.45, 2.75) is 13.3 Å². The number of hydrogen-bond donors (Lipinski definition) is 0. The normalized spacial score (nSPS) is 17.5. The molecule has 0 bridgehead atoms. The van der Waals surface area contributed by atoms with Gasteiger partial charge in [0.1, 0.15) is 5.82 Å². The van der Waals surface area contributed by atoms with Crippen molar-refractivity contribution in [2.24, 2.45) is 0 Å². The molecule has 0 aliphatic carbocycles. The number of sulfonamides is 1. The second-order valence-electron chi connectivity index (χ2n) is 4.96. The Hall–Kier alpha value is -1.47. The molecule has 0 unspecified atom stereocenters. The Kier molecular flexibility index (Phi) is 4.95. The van der Waals surface area contributed by atoms with Gasteiger partial charge in [-0.15, -0.1) is 0 Å². The van der Waals surface area contributed by atoms with Gasteiger partial charge in [-0.2, -0.15) is 0 Å². The van der Waals surface area contributed by atoms with Gasteiger partial charge in [0, 0.05) is 31.7 Å². The molecule has 5 nitrogen and oxygen atoms in total. The molecule has 0 atom stereocenters. The second-order valence-corrected chi connectivity index (χ2v) is 7.21. The van der Waals surface area contributed by atoms with E-state index in [1.165, 1.54) is 22.5 Å². The third kappa shape index (κ3) is 3.79. The van der Waals surface area contributed by atoms with E-state index in [1.807, 2.05) is 0 Å². The topological polar surface area (TPSA) is 57.7 Å². The molecule has 1 heterocycles. The average molecular weight is 314 g/mol. The fourth-order valence-electron chi connectivity index (χ4n) is 2.36. The summed E-state index contributed by atoms with van der Waals surface area (Å²) in [7, 11) is -3.23. The van der Waals surface area contributed by atoms with Crippen LogP contribution in [0.4, 0.5) is 4.39 Å². The van der Waals surface area contributed by atoms with Crippen LogP contribution >= 0.6 is 0 Å². The first-order valence-electron chi connectivity index (χ1n) is 6.96. The Balaban J connectivity index is 2.08. The molecule has 7 heteroatoms. The highest BCUT2D eigenvalue weighted by atomic mass is 32.2. The first kappa shape index (κ1) is 15.9. The molecule has 1 fully saturated rings. The van der Waals surface area contributed by atoms with Gasteiger partial charge in [0.25, 0.3) is 5.91 Å². The molecule has 1 saturated heterocycles. The van der Waals surface area contributed by atoms with Crippen LogP contribution < -0.4 is 0 Å². The number of halogens is 1. The van der Waals surface area contributed by atoms with Crippen molar-refractivity contribution in [2.75, 3.05) is 31.9 Å². The van der Waals surface area contributed by atoms with E-state index in [9.17, 15) is 17.6 Å². The summed E-state index contributed by atoms with van der Waals surface area (Å²) in [5.74, 6) is -0.652. The molecule has 2 rings (SSSR count). The lowest BCUT2D eigenvalue weighted by molar-refractivity contribution is 0.0763. The fourth-order valence-corrected chi connectivity index (χ4v) is 3.49. The minimum Gasteiger partial charge on any atom is -0.337 e. The maximum absolute atomic E-state index is 13.2. The lowest BCUT2D eigenvalue weighted by atomic mass is 10.2. The van der Waals surface area contributed by atoms with Crippen molar-refractivity contribution in [1.29, 1.82) is 0 Å². The quantitative estimate of drug-likeness (QED) is 0.845. The Morgan fingerprint density at radius 2 is 2.00 bits per heavy atom. The van der Waals surface area contributed by atoms with E-state index in [2.05, 4.69) is 0 Å². The summed E-state index contributed by atoms with van der Waals surface area (Å²) < 4.78 is 38.3. The third-order valence-corrected chi connectivity index (χ3v) is 5.45. The van der Waals surface area contributed by atoms with Gasteiger partial charge < -0.3 is 4.90 Å². The van der Waals surface area contributed by atoms with Crippen molar-refractivity contribution >= 4 is 15.9 Å². The summed E-state index contributed by atoms with van der Waals surface area (Å²) in [5, 5.41) is 0. The van der Waals surface area contributed by atoms with Crippen molar-refractivity contribution < 1.29 is 17.6 Å². The van der Waals surface area contributed by atoms with E-state index >= 15 is 0 Å². The summed E-state index contributed by atoms with van der Waals surface area (Å²) in [4.78, 5) is 13.9. The van der Waals surface area contributed by atoms with E-state index in [0.29, 0.717) is 31.6 Å². The van der Waals surface area contributed by atoms with Crippen molar-refractivity contribution in [3.63, 3.8) is 0 Å². The maximum atomic E-state index is 13.2. The van der Waals surface area contributed by atoms with E-state index in [4.69, 9.17) is 0 Å². The van der Waals surface area contributed by atoms with Gasteiger partial charge in [-0.1, -0.05) is 6.07 Å². The van der Waals surface area contributed by atoms with Crippen LogP contribution in [0.2, 0.25) is 0 Å². The number of hydrogen-bond acceptors (Lipinski definition) is 3. The number of carbonyl (C=O) groups is 1. The highest BCUT2D eigenvalue weighted by molar-refractivity contribution is 7.89. The van der Waals surface area contributed by atoms with Gasteiger partial charge in [-0.05, 0) is 31.5 Å². The summed E-state index contributed by atoms with van der Waals surface area (Å²) in [5.41, 5.74) is 0.293. The molecule has 116 valence electrons. The van der Waals surface area contributed by atoms with Gasteiger partial charge in [0.15, 0.2) is 0 Å². The van der Waals surface area contributed by atoms with Gasteiger partial charge in [-0.25, -0.2) is 17.1 Å². The molecule has 0 radical (unpaired) electrons. The minimum atomic E-state index is -3.23. The first-order chi connectivity index (χ1) is 9.94. The predicted molar refractivity (Wildman–Crippen MR) is 78.0 cm³/mol. The zero-order valence-electron chi connectivity index (χ0n) is 12.0. The smallest absolute Gasteiger partial charge is 0.254 e. The van der Waals surface area contributed by atoms with Crippen LogP contribution in [0.25, 0.3) is 0 Å². The number of nitrogens with zero attached hydrogens (tertiary/aromatic N) is 2. The van der Waals surface area contributed by atoms with Gasteiger partial charge in [0.2, 0.25) is 10.0 Å². The van der Waals surface area contributed by atoms with Crippen LogP contribution in [-0.2, 0) is 10.0 Å². The average Bonchev–Trinajstić information content (AvgIpc) is 2.73. The molecule has 21 heavy (non-hydrogen) atoms. The molecule has 1 amide bonds. The molecular weight excluding hydrogens is 295 g/mol. The molecule has 1 aliphatic heterocycles. The largest absolute Gasteiger partial charge is 0.337 e. The molecule has 1 aromatic rings. The monoisotopic (exact) mass is 314 g/mol. The van der Waals surface area contributed by atoms with Crippen molar-refractivity contribution in [1.82, 2.24) is 9.21 Å². The van der Waals surface area contributed by atoms with E-state index < -0.39 is 15.8 Å². The molecule has 0 N–H and O–H groups in total. The molecule has 0 spiro atoms. The summed E-state index contributed by atoms with van der Waals surface area (Å²) in [6.07, 6.45) is 0.584. The highest BCUT2D eigenvalue weighted by Crippen LogP contribution is 2.13. The maximum Gasteiger partial charge on any atom is 0.254 e. The zero-order chi connectivity index (χ0) is 15.5. The minimum absolute atomic E-state index is 0.0604. The van der Waals surface area contributed by atoms with Gasteiger partial charge in [-0.3, -0.25) is 4.79 Å². The van der Waals surface area contributed by atoms with E-state index in [-0.39, 0.29) is 18.2 Å². The Labute approximate surface area is 124 Å². The number of benzene rings is 1. The number of rotatable bonds is 3. The summed E-state index contributed by atoms with van der Waals surface area (Å²) >= 11 is 0. The van der Waals surface area contributed by atoms with E-state index in [0.717, 1.165) is 0 Å². The van der Waals surface area contributed by atoms with Gasteiger partial charge in [0.05, 0.1) is 5.75 Å². The summed E-state index contributed by atoms with van der Waals surface area (Å²) in [6, 6.07) is 5.55. The Bertz CT molecular complexity index is 618. The van der Waals surface area contributed by atoms with Crippen molar-refractivity contribution in [3.05, 3.63) is 35.6 Å². The molecule has 1 aliphatic rings. The van der Waals surface area contributed by atoms with Crippen LogP contribution in [0.5, 0.6) is 0 Å². The number of carbonyl (C=O) groups excluding carboxylic acids is 1. The lowest BCUT2D eigenvalue weighted by Crippen LogP contribution is -2.37. The predicted octanol–water partition coefficient (Wildman–Crippen LogP) is 1.32. The van der Waals surface area contributed by atoms with Crippen LogP contribution in [-0.4, -0.2) is 55.5 Å². The molecule has 0 aromatic heterocycles. The van der Waals surface area contributed by atoms with Gasteiger partial charge >= 0.3 is 0 Å². The van der Waals surface area contributed by atoms with Crippen LogP contribution in [0.1, 0.15) is 23.7 Å². The Morgan fingerprint density at radius 3 is 2.67 bits per heavy atom. The first-order valence-corrected chi connectivity index (χ1v) is 8.57. The molecular formula is C14H19FN2O3S. The second kappa shape index (κ2) is 6.53. The zero-order valence-corrected chi connectivity index (χ0v) is 12.8. The lowest BCUT2D eigenvalue weighted by Gasteiger charge is -2.21. The van der Waals surface area contributed by atoms with Crippen LogP contribution in [0.15, 0.2) is 24.3 Å². The van der Waals surface area contributed by atoms with Crippen LogP contribution in [0.3, 0.4) is 0 Å². The Morgan fingerprint density at radius 1 is 1.24 bits per heavy atom. The molecule has 0 saturated carbocycles. The van der Waals surface area contributed by atoms with Crippen molar-refractivity contribution in [3.8, 4) is 0 Å². The SMILES string of the molecule is CCS(=O)(=O)N1CCCN(C(=O)c2cccc(F)c2)CC1. The fraction of sp³-hybridized carbons (Fsp3) is 0.500. The third-order valence-electron chi connectivity index (χ3n) is 3.57. The summed E-state index contributed by atoms with van der Waals surface area (Å²) in [6.45, 7) is 3.12. The molecule has 1 aromatic carbocycles. The number of amides is 1.